The van der Waals surface area contributed by atoms with Gasteiger partial charge in [-0.25, -0.2) is 0 Å². The number of ether oxygens (including phenoxy) is 3. The van der Waals surface area contributed by atoms with Crippen molar-refractivity contribution in [2.45, 2.75) is 136 Å². The molecule has 2 N–H and O–H groups in total. The van der Waals surface area contributed by atoms with E-state index in [1.807, 2.05) is 21.0 Å². The van der Waals surface area contributed by atoms with Crippen LogP contribution in [-0.4, -0.2) is 53.1 Å². The van der Waals surface area contributed by atoms with Gasteiger partial charge in [0.2, 0.25) is 0 Å². The first kappa shape index (κ1) is 24.8. The Morgan fingerprint density at radius 2 is 1.58 bits per heavy atom. The Morgan fingerprint density at radius 1 is 0.917 bits per heavy atom. The van der Waals surface area contributed by atoms with Gasteiger partial charge < -0.3 is 24.4 Å². The standard InChI is InChI=1S/C31H50O5/c1-17-15-18-23(26(4,5)33)36-31(35-18)22(17)27(6)13-14-30-16-29(30)12-11-21(32)25(2,3)19(29)9-10-20(30)28(27,7)24(31)34-8/h17-24,32-33H,9-16H2,1-8H3. The monoisotopic (exact) mass is 502 g/mol. The van der Waals surface area contributed by atoms with Crippen LogP contribution in [0.1, 0.15) is 99.8 Å². The largest absolute Gasteiger partial charge is 0.393 e. The van der Waals surface area contributed by atoms with Crippen molar-refractivity contribution in [2.75, 3.05) is 7.11 Å². The van der Waals surface area contributed by atoms with Gasteiger partial charge in [-0.1, -0.05) is 34.6 Å². The first-order valence-electron chi connectivity index (χ1n) is 14.9. The Hall–Kier alpha value is -0.200. The third-order valence-electron chi connectivity index (χ3n) is 14.4. The SMILES string of the molecule is COC1C23OC(CC(C)C2C2(C)CCC45CC46CCC(O)C(C)(C)C6CCC5C12C)C(C(C)(C)O)O3. The lowest BCUT2D eigenvalue weighted by atomic mass is 9.41. The molecule has 204 valence electrons. The highest BCUT2D eigenvalue weighted by Gasteiger charge is 2.88. The smallest absolute Gasteiger partial charge is 0.199 e. The van der Waals surface area contributed by atoms with Gasteiger partial charge in [0, 0.05) is 18.4 Å². The Bertz CT molecular complexity index is 973. The van der Waals surface area contributed by atoms with Gasteiger partial charge in [-0.2, -0.15) is 0 Å². The van der Waals surface area contributed by atoms with Crippen LogP contribution in [0.2, 0.25) is 0 Å². The highest BCUT2D eigenvalue weighted by Crippen LogP contribution is 2.90. The van der Waals surface area contributed by atoms with Gasteiger partial charge in [0.05, 0.1) is 17.8 Å². The van der Waals surface area contributed by atoms with E-state index in [1.165, 1.54) is 38.5 Å². The van der Waals surface area contributed by atoms with Gasteiger partial charge in [0.25, 0.3) is 0 Å². The summed E-state index contributed by atoms with van der Waals surface area (Å²) in [6, 6.07) is 0. The Labute approximate surface area is 218 Å². The lowest BCUT2D eigenvalue weighted by Gasteiger charge is -2.63. The minimum Gasteiger partial charge on any atom is -0.393 e. The van der Waals surface area contributed by atoms with Crippen molar-refractivity contribution in [1.82, 2.24) is 0 Å². The van der Waals surface area contributed by atoms with E-state index in [4.69, 9.17) is 14.2 Å². The molecule has 5 heteroatoms. The molecule has 7 fully saturated rings. The van der Waals surface area contributed by atoms with Gasteiger partial charge in [0.1, 0.15) is 12.2 Å². The van der Waals surface area contributed by atoms with E-state index in [1.54, 1.807) is 0 Å². The van der Waals surface area contributed by atoms with Crippen LogP contribution in [0.4, 0.5) is 0 Å². The predicted octanol–water partition coefficient (Wildman–Crippen LogP) is 5.31. The Balaban J connectivity index is 1.35. The predicted molar refractivity (Wildman–Crippen MR) is 137 cm³/mol. The van der Waals surface area contributed by atoms with Crippen molar-refractivity contribution in [1.29, 1.82) is 0 Å². The summed E-state index contributed by atoms with van der Waals surface area (Å²) in [5, 5.41) is 22.1. The average molecular weight is 503 g/mol. The fourth-order valence-corrected chi connectivity index (χ4v) is 13.1. The molecule has 7 rings (SSSR count). The zero-order valence-electron chi connectivity index (χ0n) is 23.9. The summed E-state index contributed by atoms with van der Waals surface area (Å²) in [5.74, 6) is 1.14. The zero-order valence-corrected chi connectivity index (χ0v) is 23.9. The molecule has 0 aromatic heterocycles. The lowest BCUT2D eigenvalue weighted by molar-refractivity contribution is -0.287. The summed E-state index contributed by atoms with van der Waals surface area (Å²) in [6.45, 7) is 15.9. The van der Waals surface area contributed by atoms with Crippen LogP contribution in [0.25, 0.3) is 0 Å². The average Bonchev–Trinajstić information content (AvgIpc) is 3.28. The summed E-state index contributed by atoms with van der Waals surface area (Å²) >= 11 is 0. The first-order valence-corrected chi connectivity index (χ1v) is 14.9. The minimum absolute atomic E-state index is 0.00325. The molecular formula is C31H50O5. The highest BCUT2D eigenvalue weighted by atomic mass is 16.8. The van der Waals surface area contributed by atoms with Gasteiger partial charge >= 0.3 is 0 Å². The molecule has 0 radical (unpaired) electrons. The number of aliphatic hydroxyl groups excluding tert-OH is 1. The van der Waals surface area contributed by atoms with Gasteiger partial charge in [0.15, 0.2) is 5.79 Å². The molecule has 0 aromatic carbocycles. The lowest BCUT2D eigenvalue weighted by Crippen LogP contribution is -2.60. The molecule has 2 saturated heterocycles. The molecule has 5 nitrogen and oxygen atoms in total. The number of hydrogen-bond donors (Lipinski definition) is 2. The molecule has 5 aliphatic carbocycles. The third-order valence-corrected chi connectivity index (χ3v) is 14.4. The number of rotatable bonds is 2. The molecular weight excluding hydrogens is 452 g/mol. The number of methoxy groups -OCH3 is 1. The minimum atomic E-state index is -0.953. The van der Waals surface area contributed by atoms with Crippen molar-refractivity contribution in [3.63, 3.8) is 0 Å². The van der Waals surface area contributed by atoms with Gasteiger partial charge in [-0.15, -0.1) is 0 Å². The normalized spacial score (nSPS) is 62.5. The van der Waals surface area contributed by atoms with Crippen LogP contribution in [-0.2, 0) is 14.2 Å². The van der Waals surface area contributed by atoms with E-state index in [2.05, 4.69) is 34.6 Å². The van der Waals surface area contributed by atoms with Crippen LogP contribution in [0.15, 0.2) is 0 Å². The molecule has 2 heterocycles. The number of fused-ring (bicyclic) bond motifs is 4. The molecule has 2 bridgehead atoms. The molecule has 0 aromatic rings. The van der Waals surface area contributed by atoms with Gasteiger partial charge in [-0.3, -0.25) is 0 Å². The fraction of sp³-hybridized carbons (Fsp3) is 1.00. The molecule has 7 aliphatic rings. The van der Waals surface area contributed by atoms with Crippen LogP contribution >= 0.6 is 0 Å². The van der Waals surface area contributed by atoms with Crippen LogP contribution in [0.3, 0.4) is 0 Å². The quantitative estimate of drug-likeness (QED) is 0.535. The van der Waals surface area contributed by atoms with Crippen LogP contribution < -0.4 is 0 Å². The summed E-state index contributed by atoms with van der Waals surface area (Å²) in [4.78, 5) is 0. The first-order chi connectivity index (χ1) is 16.7. The van der Waals surface area contributed by atoms with E-state index < -0.39 is 11.4 Å². The molecule has 5 saturated carbocycles. The van der Waals surface area contributed by atoms with Crippen molar-refractivity contribution in [3.8, 4) is 0 Å². The van der Waals surface area contributed by atoms with E-state index >= 15 is 0 Å². The summed E-state index contributed by atoms with van der Waals surface area (Å²) < 4.78 is 20.6. The molecule has 2 aliphatic heterocycles. The topological polar surface area (TPSA) is 68.2 Å². The van der Waals surface area contributed by atoms with Crippen molar-refractivity contribution >= 4 is 0 Å². The van der Waals surface area contributed by atoms with Crippen LogP contribution in [0, 0.1) is 50.7 Å². The highest BCUT2D eigenvalue weighted by molar-refractivity contribution is 5.34. The van der Waals surface area contributed by atoms with Crippen molar-refractivity contribution < 1.29 is 24.4 Å². The summed E-state index contributed by atoms with van der Waals surface area (Å²) in [7, 11) is 1.88. The number of aliphatic hydroxyl groups is 2. The fourth-order valence-electron chi connectivity index (χ4n) is 13.1. The van der Waals surface area contributed by atoms with Crippen molar-refractivity contribution in [2.24, 2.45) is 50.7 Å². The maximum absolute atomic E-state index is 11.1. The zero-order chi connectivity index (χ0) is 25.9. The van der Waals surface area contributed by atoms with Crippen molar-refractivity contribution in [3.05, 3.63) is 0 Å². The second-order valence-electron chi connectivity index (χ2n) is 16.1. The Kier molecular flexibility index (Phi) is 4.65. The molecule has 13 atom stereocenters. The third kappa shape index (κ3) is 2.37. The molecule has 0 amide bonds. The van der Waals surface area contributed by atoms with E-state index in [9.17, 15) is 10.2 Å². The van der Waals surface area contributed by atoms with Gasteiger partial charge in [-0.05, 0) is 105 Å². The Morgan fingerprint density at radius 3 is 2.25 bits per heavy atom. The molecule has 13 unspecified atom stereocenters. The van der Waals surface area contributed by atoms with E-state index in [-0.39, 0.29) is 46.6 Å². The van der Waals surface area contributed by atoms with E-state index in [0.29, 0.717) is 28.6 Å². The van der Waals surface area contributed by atoms with Crippen LogP contribution in [0.5, 0.6) is 0 Å². The van der Waals surface area contributed by atoms with E-state index in [0.717, 1.165) is 12.8 Å². The molecule has 3 spiro atoms. The second kappa shape index (κ2) is 6.74. The maximum atomic E-state index is 11.1. The maximum Gasteiger partial charge on any atom is 0.199 e. The summed E-state index contributed by atoms with van der Waals surface area (Å²) in [6.07, 6.45) is 8.58. The summed E-state index contributed by atoms with van der Waals surface area (Å²) in [5.41, 5.74) is -0.214. The molecule has 36 heavy (non-hydrogen) atoms. The number of hydrogen-bond acceptors (Lipinski definition) is 5. The second-order valence-corrected chi connectivity index (χ2v) is 16.1.